The molecular weight excluding hydrogens is 138 g/mol. The van der Waals surface area contributed by atoms with E-state index < -0.39 is 0 Å². The Morgan fingerprint density at radius 2 is 2.27 bits per heavy atom. The highest BCUT2D eigenvalue weighted by atomic mass is 16.1. The molecule has 1 amide bonds. The standard InChI is InChI=1S/C9H9NO/c1-6-3-2-4-7-8(6)5-10-9(7)11/h2-4H,5H2,1H3,(H,10,11). The van der Waals surface area contributed by atoms with Crippen molar-refractivity contribution in [3.05, 3.63) is 34.9 Å². The zero-order valence-electron chi connectivity index (χ0n) is 6.35. The van der Waals surface area contributed by atoms with E-state index in [0.29, 0.717) is 6.54 Å². The molecule has 1 aliphatic heterocycles. The van der Waals surface area contributed by atoms with Crippen LogP contribution in [-0.4, -0.2) is 5.91 Å². The summed E-state index contributed by atoms with van der Waals surface area (Å²) in [5.74, 6) is 0.0590. The minimum Gasteiger partial charge on any atom is -0.348 e. The Morgan fingerprint density at radius 3 is 3.00 bits per heavy atom. The Hall–Kier alpha value is -1.31. The summed E-state index contributed by atoms with van der Waals surface area (Å²) < 4.78 is 0. The van der Waals surface area contributed by atoms with Crippen molar-refractivity contribution in [2.75, 3.05) is 0 Å². The second-order valence-electron chi connectivity index (χ2n) is 2.78. The summed E-state index contributed by atoms with van der Waals surface area (Å²) >= 11 is 0. The van der Waals surface area contributed by atoms with Crippen molar-refractivity contribution in [2.24, 2.45) is 0 Å². The van der Waals surface area contributed by atoms with Gasteiger partial charge in [-0.25, -0.2) is 0 Å². The maximum absolute atomic E-state index is 11.1. The SMILES string of the molecule is Cc1cccc2c1CNC2=O. The molecule has 0 saturated carbocycles. The van der Waals surface area contributed by atoms with E-state index in [1.54, 1.807) is 0 Å². The van der Waals surface area contributed by atoms with Crippen molar-refractivity contribution in [1.82, 2.24) is 5.32 Å². The van der Waals surface area contributed by atoms with Crippen molar-refractivity contribution in [2.45, 2.75) is 13.5 Å². The molecule has 0 fully saturated rings. The van der Waals surface area contributed by atoms with Crippen LogP contribution in [0.4, 0.5) is 0 Å². The predicted molar refractivity (Wildman–Crippen MR) is 42.3 cm³/mol. The average Bonchev–Trinajstić information content (AvgIpc) is 2.35. The summed E-state index contributed by atoms with van der Waals surface area (Å²) in [6.07, 6.45) is 0. The molecule has 0 radical (unpaired) electrons. The zero-order valence-corrected chi connectivity index (χ0v) is 6.35. The van der Waals surface area contributed by atoms with Gasteiger partial charge in [-0.15, -0.1) is 0 Å². The minimum atomic E-state index is 0.0590. The van der Waals surface area contributed by atoms with Crippen LogP contribution in [0.5, 0.6) is 0 Å². The number of rotatable bonds is 0. The molecule has 2 rings (SSSR count). The monoisotopic (exact) mass is 147 g/mol. The van der Waals surface area contributed by atoms with Gasteiger partial charge in [0.2, 0.25) is 0 Å². The fraction of sp³-hybridized carbons (Fsp3) is 0.222. The van der Waals surface area contributed by atoms with Crippen molar-refractivity contribution in [1.29, 1.82) is 0 Å². The molecule has 11 heavy (non-hydrogen) atoms. The number of amides is 1. The van der Waals surface area contributed by atoms with E-state index >= 15 is 0 Å². The average molecular weight is 147 g/mol. The second kappa shape index (κ2) is 2.09. The lowest BCUT2D eigenvalue weighted by molar-refractivity contribution is 0.0966. The van der Waals surface area contributed by atoms with Gasteiger partial charge >= 0.3 is 0 Å². The number of hydrogen-bond donors (Lipinski definition) is 1. The molecule has 1 aromatic carbocycles. The number of aryl methyl sites for hydroxylation is 1. The van der Waals surface area contributed by atoms with Gasteiger partial charge in [0.15, 0.2) is 0 Å². The Labute approximate surface area is 65.2 Å². The van der Waals surface area contributed by atoms with Gasteiger partial charge in [-0.1, -0.05) is 12.1 Å². The first-order chi connectivity index (χ1) is 5.29. The predicted octanol–water partition coefficient (Wildman–Crippen LogP) is 1.24. The van der Waals surface area contributed by atoms with Crippen molar-refractivity contribution < 1.29 is 4.79 Å². The number of carbonyl (C=O) groups excluding carboxylic acids is 1. The van der Waals surface area contributed by atoms with Gasteiger partial charge < -0.3 is 5.32 Å². The maximum atomic E-state index is 11.1. The highest BCUT2D eigenvalue weighted by Gasteiger charge is 2.18. The van der Waals surface area contributed by atoms with Gasteiger partial charge in [-0.3, -0.25) is 4.79 Å². The first-order valence-corrected chi connectivity index (χ1v) is 3.66. The molecule has 2 heteroatoms. The molecular formula is C9H9NO. The summed E-state index contributed by atoms with van der Waals surface area (Å²) in [6, 6.07) is 5.81. The van der Waals surface area contributed by atoms with E-state index in [1.807, 2.05) is 25.1 Å². The molecule has 1 aliphatic rings. The molecule has 1 N–H and O–H groups in total. The van der Waals surface area contributed by atoms with Crippen molar-refractivity contribution in [3.8, 4) is 0 Å². The summed E-state index contributed by atoms with van der Waals surface area (Å²) in [5.41, 5.74) is 3.18. The zero-order chi connectivity index (χ0) is 7.84. The van der Waals surface area contributed by atoms with Gasteiger partial charge in [0, 0.05) is 12.1 Å². The third kappa shape index (κ3) is 0.827. The lowest BCUT2D eigenvalue weighted by Crippen LogP contribution is -2.12. The molecule has 2 nitrogen and oxygen atoms in total. The first-order valence-electron chi connectivity index (χ1n) is 3.66. The normalized spacial score (nSPS) is 14.5. The van der Waals surface area contributed by atoms with E-state index in [-0.39, 0.29) is 5.91 Å². The summed E-state index contributed by atoms with van der Waals surface area (Å²) in [5, 5.41) is 2.79. The van der Waals surface area contributed by atoms with Gasteiger partial charge in [-0.05, 0) is 24.1 Å². The van der Waals surface area contributed by atoms with Crippen LogP contribution in [0, 0.1) is 6.92 Å². The van der Waals surface area contributed by atoms with Crippen LogP contribution in [0.2, 0.25) is 0 Å². The molecule has 0 aromatic heterocycles. The number of fused-ring (bicyclic) bond motifs is 1. The lowest BCUT2D eigenvalue weighted by atomic mass is 10.1. The summed E-state index contributed by atoms with van der Waals surface area (Å²) in [6.45, 7) is 2.72. The number of nitrogens with one attached hydrogen (secondary N) is 1. The van der Waals surface area contributed by atoms with Crippen LogP contribution < -0.4 is 5.32 Å². The van der Waals surface area contributed by atoms with E-state index in [4.69, 9.17) is 0 Å². The maximum Gasteiger partial charge on any atom is 0.251 e. The van der Waals surface area contributed by atoms with E-state index in [0.717, 1.165) is 11.1 Å². The number of hydrogen-bond acceptors (Lipinski definition) is 1. The third-order valence-electron chi connectivity index (χ3n) is 2.08. The van der Waals surface area contributed by atoms with Crippen LogP contribution >= 0.6 is 0 Å². The Balaban J connectivity index is 2.66. The molecule has 0 aliphatic carbocycles. The fourth-order valence-corrected chi connectivity index (χ4v) is 1.41. The smallest absolute Gasteiger partial charge is 0.251 e. The third-order valence-corrected chi connectivity index (χ3v) is 2.08. The quantitative estimate of drug-likeness (QED) is 0.587. The molecule has 1 heterocycles. The van der Waals surface area contributed by atoms with E-state index in [9.17, 15) is 4.79 Å². The van der Waals surface area contributed by atoms with Crippen molar-refractivity contribution in [3.63, 3.8) is 0 Å². The van der Waals surface area contributed by atoms with Crippen molar-refractivity contribution >= 4 is 5.91 Å². The largest absolute Gasteiger partial charge is 0.348 e. The number of benzene rings is 1. The number of carbonyl (C=O) groups is 1. The first kappa shape index (κ1) is 6.40. The van der Waals surface area contributed by atoms with Crippen LogP contribution in [0.15, 0.2) is 18.2 Å². The minimum absolute atomic E-state index is 0.0590. The Kier molecular flexibility index (Phi) is 1.22. The van der Waals surface area contributed by atoms with Crippen LogP contribution in [0.1, 0.15) is 21.5 Å². The van der Waals surface area contributed by atoms with Gasteiger partial charge in [0.25, 0.3) is 5.91 Å². The van der Waals surface area contributed by atoms with E-state index in [2.05, 4.69) is 5.32 Å². The molecule has 0 unspecified atom stereocenters. The fourth-order valence-electron chi connectivity index (χ4n) is 1.41. The molecule has 0 bridgehead atoms. The van der Waals surface area contributed by atoms with Crippen LogP contribution in [-0.2, 0) is 6.54 Å². The van der Waals surface area contributed by atoms with Gasteiger partial charge in [0.05, 0.1) is 0 Å². The van der Waals surface area contributed by atoms with Gasteiger partial charge in [-0.2, -0.15) is 0 Å². The van der Waals surface area contributed by atoms with E-state index in [1.165, 1.54) is 5.56 Å². The highest BCUT2D eigenvalue weighted by molar-refractivity contribution is 5.98. The topological polar surface area (TPSA) is 29.1 Å². The molecule has 56 valence electrons. The Bertz CT molecular complexity index is 317. The molecule has 0 atom stereocenters. The molecule has 0 spiro atoms. The second-order valence-corrected chi connectivity index (χ2v) is 2.78. The Morgan fingerprint density at radius 1 is 1.45 bits per heavy atom. The summed E-state index contributed by atoms with van der Waals surface area (Å²) in [7, 11) is 0. The molecule has 1 aromatic rings. The van der Waals surface area contributed by atoms with Crippen LogP contribution in [0.3, 0.4) is 0 Å². The van der Waals surface area contributed by atoms with Gasteiger partial charge in [0.1, 0.15) is 0 Å². The summed E-state index contributed by atoms with van der Waals surface area (Å²) in [4.78, 5) is 11.1. The van der Waals surface area contributed by atoms with Crippen LogP contribution in [0.25, 0.3) is 0 Å². The highest BCUT2D eigenvalue weighted by Crippen LogP contribution is 2.18. The molecule has 0 saturated heterocycles. The lowest BCUT2D eigenvalue weighted by Gasteiger charge is -1.97.